The predicted molar refractivity (Wildman–Crippen MR) is 206 cm³/mol. The lowest BCUT2D eigenvalue weighted by Gasteiger charge is -2.64. The molecule has 4 aliphatic carbocycles. The van der Waals surface area contributed by atoms with E-state index in [9.17, 15) is 50.4 Å². The summed E-state index contributed by atoms with van der Waals surface area (Å²) in [4.78, 5) is 23.7. The molecule has 4 aliphatic heterocycles. The third-order valence-electron chi connectivity index (χ3n) is 16.4. The van der Waals surface area contributed by atoms with Gasteiger partial charge in [0.15, 0.2) is 18.9 Å². The number of hydrogen-bond acceptors (Lipinski definition) is 18. The van der Waals surface area contributed by atoms with Gasteiger partial charge in [0.2, 0.25) is 0 Å². The summed E-state index contributed by atoms with van der Waals surface area (Å²) in [6.45, 7) is 6.86. The van der Waals surface area contributed by atoms with Crippen LogP contribution in [0.4, 0.5) is 0 Å². The second-order valence-corrected chi connectivity index (χ2v) is 19.7. The van der Waals surface area contributed by atoms with E-state index in [2.05, 4.69) is 13.8 Å². The molecule has 18 nitrogen and oxygen atoms in total. The quantitative estimate of drug-likeness (QED) is 0.103. The summed E-state index contributed by atoms with van der Waals surface area (Å²) in [6.07, 6.45) is -10.4. The Kier molecular flexibility index (Phi) is 13.1. The van der Waals surface area contributed by atoms with Crippen molar-refractivity contribution in [3.63, 3.8) is 0 Å². The van der Waals surface area contributed by atoms with Gasteiger partial charge in [-0.3, -0.25) is 4.79 Å². The number of esters is 2. The van der Waals surface area contributed by atoms with Crippen LogP contribution in [0.15, 0.2) is 11.6 Å². The molecule has 3 saturated heterocycles. The van der Waals surface area contributed by atoms with Crippen LogP contribution in [0.5, 0.6) is 0 Å². The molecule has 8 aliphatic rings. The molecule has 8 rings (SSSR count). The van der Waals surface area contributed by atoms with Gasteiger partial charge >= 0.3 is 11.9 Å². The van der Waals surface area contributed by atoms with E-state index >= 15 is 0 Å². The molecule has 4 saturated carbocycles. The molecular formula is C43H66O18. The van der Waals surface area contributed by atoms with Crippen LogP contribution in [0.25, 0.3) is 0 Å². The molecule has 4 heterocycles. The van der Waals surface area contributed by atoms with Crippen LogP contribution in [-0.4, -0.2) is 170 Å². The molecule has 2 unspecified atom stereocenters. The molecule has 8 N–H and O–H groups in total. The van der Waals surface area contributed by atoms with Crippen LogP contribution in [0.3, 0.4) is 0 Å². The monoisotopic (exact) mass is 870 g/mol. The Bertz CT molecular complexity index is 1630. The predicted octanol–water partition coefficient (Wildman–Crippen LogP) is -0.295. The van der Waals surface area contributed by atoms with Crippen molar-refractivity contribution >= 4 is 11.9 Å². The van der Waals surface area contributed by atoms with Gasteiger partial charge < -0.3 is 78.7 Å². The Balaban J connectivity index is 0.867. The summed E-state index contributed by atoms with van der Waals surface area (Å²) < 4.78 is 46.0. The Morgan fingerprint density at radius 1 is 0.770 bits per heavy atom. The average Bonchev–Trinajstić information content (AvgIpc) is 3.76. The number of aliphatic hydroxyl groups excluding tert-OH is 7. The zero-order chi connectivity index (χ0) is 43.8. The van der Waals surface area contributed by atoms with Gasteiger partial charge in [-0.25, -0.2) is 4.79 Å². The van der Waals surface area contributed by atoms with E-state index in [1.165, 1.54) is 6.92 Å². The molecular weight excluding hydrogens is 804 g/mol. The minimum Gasteiger partial charge on any atom is -0.459 e. The second-order valence-electron chi connectivity index (χ2n) is 19.7. The van der Waals surface area contributed by atoms with Crippen LogP contribution < -0.4 is 0 Å². The van der Waals surface area contributed by atoms with Crippen molar-refractivity contribution < 1.29 is 88.3 Å². The first-order valence-corrected chi connectivity index (χ1v) is 22.2. The molecule has 346 valence electrons. The Hall–Kier alpha value is -1.88. The number of ether oxygens (including phenoxy) is 8. The highest BCUT2D eigenvalue weighted by Crippen LogP contribution is 2.70. The molecule has 0 aromatic heterocycles. The van der Waals surface area contributed by atoms with E-state index < -0.39 is 104 Å². The highest BCUT2D eigenvalue weighted by molar-refractivity contribution is 5.85. The SMILES string of the molecule is CC(=O)O[C@H]1C[C@H](O)O[C@H](C)[C@H]1OC[C@H]1OC(OC[C@H]2OC(O[C@H]3CC[C@@]4(C)[C@H](CC[C@@H]5[C@@H]4CC[C@]4(C)[C@@H](C6=CC(=O)OC6)CC[C@]54O)C3)[C@H](O)[C@@H](O)[C@@H]2O)[C@H](O)[C@@H](O)[C@@H]1O. The maximum absolute atomic E-state index is 12.6. The van der Waals surface area contributed by atoms with E-state index in [1.54, 1.807) is 13.0 Å². The zero-order valence-corrected chi connectivity index (χ0v) is 35.4. The standard InChI is InChI=1S/C43H66O18/c1-19-38(27(58-20(2)44)15-31(46)57-19)55-17-28-32(47)34(49)36(51)39(60-28)56-18-29-33(48)35(50)37(52)40(61-29)59-23-7-10-41(3)22(14-23)5-6-26-25(41)8-11-42(4)24(9-12-43(26,42)53)21-13-30(45)54-16-21/h13,19,22-29,31-40,46-53H,5-12,14-18H2,1-4H3/t19-,22-,23+,24-,25+,26-,27+,28-,29-,31-,32-,33-,34+,35+,36-,37-,38-,39?,40?,41+,42-,43+/m1/s1. The van der Waals surface area contributed by atoms with Gasteiger partial charge in [0.25, 0.3) is 0 Å². The number of carbonyl (C=O) groups excluding carboxylic acids is 2. The number of rotatable bonds is 10. The third kappa shape index (κ3) is 8.23. The second kappa shape index (κ2) is 17.5. The smallest absolute Gasteiger partial charge is 0.331 e. The molecule has 22 atom stereocenters. The summed E-state index contributed by atoms with van der Waals surface area (Å²) in [5, 5.41) is 87.7. The van der Waals surface area contributed by atoms with Gasteiger partial charge in [-0.15, -0.1) is 0 Å². The fraction of sp³-hybridized carbons (Fsp3) is 0.907. The van der Waals surface area contributed by atoms with E-state index in [-0.39, 0.29) is 53.7 Å². The molecule has 18 heteroatoms. The van der Waals surface area contributed by atoms with Crippen LogP contribution in [0, 0.1) is 34.5 Å². The normalized spacial score (nSPS) is 52.4. The maximum Gasteiger partial charge on any atom is 0.331 e. The Morgan fingerprint density at radius 3 is 2.11 bits per heavy atom. The molecule has 7 fully saturated rings. The molecule has 0 bridgehead atoms. The number of aliphatic hydroxyl groups is 8. The van der Waals surface area contributed by atoms with Crippen LogP contribution in [0.2, 0.25) is 0 Å². The van der Waals surface area contributed by atoms with Gasteiger partial charge in [0, 0.05) is 24.8 Å². The van der Waals surface area contributed by atoms with Crippen molar-refractivity contribution in [2.24, 2.45) is 34.5 Å². The number of hydrogen-bond donors (Lipinski definition) is 8. The molecule has 0 radical (unpaired) electrons. The van der Waals surface area contributed by atoms with E-state index in [0.29, 0.717) is 31.8 Å². The fourth-order valence-electron chi connectivity index (χ4n) is 13.0. The highest BCUT2D eigenvalue weighted by Gasteiger charge is 2.68. The molecule has 0 aromatic rings. The lowest BCUT2D eigenvalue weighted by molar-refractivity contribution is -0.340. The Morgan fingerprint density at radius 2 is 1.44 bits per heavy atom. The van der Waals surface area contributed by atoms with Gasteiger partial charge in [0.05, 0.1) is 31.0 Å². The molecule has 61 heavy (non-hydrogen) atoms. The summed E-state index contributed by atoms with van der Waals surface area (Å²) >= 11 is 0. The topological polar surface area (TPSA) is 270 Å². The molecule has 0 aromatic carbocycles. The van der Waals surface area contributed by atoms with Gasteiger partial charge in [0.1, 0.15) is 67.6 Å². The van der Waals surface area contributed by atoms with E-state index in [4.69, 9.17) is 37.9 Å². The maximum atomic E-state index is 12.6. The number of carbonyl (C=O) groups is 2. The van der Waals surface area contributed by atoms with Crippen molar-refractivity contribution in [1.29, 1.82) is 0 Å². The highest BCUT2D eigenvalue weighted by atomic mass is 16.7. The van der Waals surface area contributed by atoms with E-state index in [0.717, 1.165) is 44.1 Å². The summed E-state index contributed by atoms with van der Waals surface area (Å²) in [5.74, 6) is -0.0379. The van der Waals surface area contributed by atoms with Crippen molar-refractivity contribution in [2.75, 3.05) is 19.8 Å². The van der Waals surface area contributed by atoms with Gasteiger partial charge in [-0.05, 0) is 99.4 Å². The number of cyclic esters (lactones) is 1. The van der Waals surface area contributed by atoms with Gasteiger partial charge in [-0.2, -0.15) is 0 Å². The molecule has 0 spiro atoms. The first-order chi connectivity index (χ1) is 28.8. The average molecular weight is 871 g/mol. The largest absolute Gasteiger partial charge is 0.459 e. The van der Waals surface area contributed by atoms with Crippen molar-refractivity contribution in [1.82, 2.24) is 0 Å². The van der Waals surface area contributed by atoms with E-state index in [1.807, 2.05) is 0 Å². The summed E-state index contributed by atoms with van der Waals surface area (Å²) in [6, 6.07) is 0. The first kappa shape index (κ1) is 45.7. The third-order valence-corrected chi connectivity index (χ3v) is 16.4. The van der Waals surface area contributed by atoms with Crippen molar-refractivity contribution in [2.45, 2.75) is 190 Å². The minimum atomic E-state index is -1.74. The zero-order valence-electron chi connectivity index (χ0n) is 35.4. The van der Waals surface area contributed by atoms with Crippen molar-refractivity contribution in [3.8, 4) is 0 Å². The number of fused-ring (bicyclic) bond motifs is 5. The summed E-state index contributed by atoms with van der Waals surface area (Å²) in [7, 11) is 0. The van der Waals surface area contributed by atoms with Crippen molar-refractivity contribution in [3.05, 3.63) is 11.6 Å². The van der Waals surface area contributed by atoms with Crippen LogP contribution >= 0.6 is 0 Å². The summed E-state index contributed by atoms with van der Waals surface area (Å²) in [5.41, 5.74) is -0.202. The Labute approximate surface area is 355 Å². The first-order valence-electron chi connectivity index (χ1n) is 22.2. The fourth-order valence-corrected chi connectivity index (χ4v) is 13.0. The minimum absolute atomic E-state index is 0.0431. The lowest BCUT2D eigenvalue weighted by Crippen LogP contribution is -2.63. The van der Waals surface area contributed by atoms with Crippen LogP contribution in [0.1, 0.15) is 91.9 Å². The van der Waals surface area contributed by atoms with Gasteiger partial charge in [-0.1, -0.05) is 13.8 Å². The lowest BCUT2D eigenvalue weighted by atomic mass is 9.43. The molecule has 0 amide bonds. The van der Waals surface area contributed by atoms with Crippen LogP contribution in [-0.2, 0) is 47.5 Å².